The van der Waals surface area contributed by atoms with Crippen molar-refractivity contribution in [1.82, 2.24) is 9.47 Å². The topological polar surface area (TPSA) is 109 Å². The number of thiazole rings is 1. The fraction of sp³-hybridized carbons (Fsp3) is 0.314. The molecule has 0 N–H and O–H groups in total. The van der Waals surface area contributed by atoms with Gasteiger partial charge in [0.25, 0.3) is 11.5 Å². The Balaban J connectivity index is 1.45. The Kier molecular flexibility index (Phi) is 8.94. The van der Waals surface area contributed by atoms with Gasteiger partial charge in [-0.25, -0.2) is 9.79 Å². The highest BCUT2D eigenvalue weighted by Gasteiger charge is 2.36. The van der Waals surface area contributed by atoms with E-state index in [0.717, 1.165) is 36.7 Å². The van der Waals surface area contributed by atoms with E-state index in [-0.39, 0.29) is 30.3 Å². The van der Waals surface area contributed by atoms with Crippen LogP contribution in [-0.4, -0.2) is 61.9 Å². The Morgan fingerprint density at radius 1 is 1.00 bits per heavy atom. The quantitative estimate of drug-likeness (QED) is 0.255. The van der Waals surface area contributed by atoms with Crippen molar-refractivity contribution in [2.45, 2.75) is 32.7 Å². The molecule has 11 heteroatoms. The zero-order valence-electron chi connectivity index (χ0n) is 26.2. The van der Waals surface area contributed by atoms with Gasteiger partial charge in [0.2, 0.25) is 0 Å². The Labute approximate surface area is 269 Å². The molecule has 1 saturated heterocycles. The number of esters is 1. The van der Waals surface area contributed by atoms with E-state index in [1.807, 2.05) is 36.4 Å². The molecule has 0 aliphatic carbocycles. The fourth-order valence-corrected chi connectivity index (χ4v) is 7.09. The molecule has 238 valence electrons. The van der Waals surface area contributed by atoms with Crippen molar-refractivity contribution in [2.75, 3.05) is 40.5 Å². The van der Waals surface area contributed by atoms with Gasteiger partial charge in [0.05, 0.1) is 36.6 Å². The van der Waals surface area contributed by atoms with E-state index in [9.17, 15) is 14.4 Å². The van der Waals surface area contributed by atoms with Crippen LogP contribution in [0.5, 0.6) is 17.2 Å². The van der Waals surface area contributed by atoms with Gasteiger partial charge in [-0.3, -0.25) is 14.2 Å². The van der Waals surface area contributed by atoms with E-state index in [2.05, 4.69) is 0 Å². The second-order valence-corrected chi connectivity index (χ2v) is 12.0. The summed E-state index contributed by atoms with van der Waals surface area (Å²) in [6.45, 7) is 5.11. The van der Waals surface area contributed by atoms with Gasteiger partial charge in [0, 0.05) is 18.7 Å². The van der Waals surface area contributed by atoms with Gasteiger partial charge in [-0.15, -0.1) is 0 Å². The number of fused-ring (bicyclic) bond motifs is 2. The largest absolute Gasteiger partial charge is 0.496 e. The van der Waals surface area contributed by atoms with E-state index < -0.39 is 12.0 Å². The lowest BCUT2D eigenvalue weighted by molar-refractivity contribution is -0.139. The minimum atomic E-state index is -0.836. The summed E-state index contributed by atoms with van der Waals surface area (Å²) in [5, 5.41) is 1.79. The Hall–Kier alpha value is -4.90. The summed E-state index contributed by atoms with van der Waals surface area (Å²) in [6, 6.07) is 16.0. The number of aromatic nitrogens is 1. The van der Waals surface area contributed by atoms with Gasteiger partial charge < -0.3 is 23.8 Å². The van der Waals surface area contributed by atoms with Crippen LogP contribution in [0.15, 0.2) is 75.7 Å². The minimum absolute atomic E-state index is 0.0559. The number of carbonyl (C=O) groups is 2. The van der Waals surface area contributed by atoms with Gasteiger partial charge in [-0.2, -0.15) is 0 Å². The van der Waals surface area contributed by atoms with Crippen molar-refractivity contribution in [1.29, 1.82) is 0 Å². The second kappa shape index (κ2) is 13.2. The zero-order valence-corrected chi connectivity index (χ0v) is 27.0. The number of hydrogen-bond acceptors (Lipinski definition) is 9. The van der Waals surface area contributed by atoms with E-state index in [1.54, 1.807) is 54.7 Å². The van der Waals surface area contributed by atoms with Crippen molar-refractivity contribution in [2.24, 2.45) is 4.99 Å². The molecule has 6 rings (SSSR count). The summed E-state index contributed by atoms with van der Waals surface area (Å²) in [5.41, 5.74) is 1.81. The van der Waals surface area contributed by atoms with Crippen LogP contribution in [0.25, 0.3) is 16.8 Å². The lowest BCUT2D eigenvalue weighted by Gasteiger charge is -2.27. The summed E-state index contributed by atoms with van der Waals surface area (Å²) in [5.74, 6) is 0.820. The van der Waals surface area contributed by atoms with Crippen LogP contribution in [-0.2, 0) is 14.3 Å². The van der Waals surface area contributed by atoms with Crippen LogP contribution in [0.2, 0.25) is 0 Å². The highest BCUT2D eigenvalue weighted by atomic mass is 32.1. The number of rotatable bonds is 9. The smallest absolute Gasteiger partial charge is 0.338 e. The number of likely N-dealkylation sites (tertiary alicyclic amines) is 1. The monoisotopic (exact) mass is 641 g/mol. The number of benzene rings is 3. The van der Waals surface area contributed by atoms with Crippen LogP contribution in [0.4, 0.5) is 0 Å². The SMILES string of the molecule is CCOC(=O)C1=C(C)N=c2s/c(=C/c3ccc(OCC(=O)N4CCCC4)c(OC)c3)c(=O)n2[C@H]1c1c(OC)ccc2ccccc12. The number of hydrogen-bond donors (Lipinski definition) is 0. The Morgan fingerprint density at radius 2 is 1.74 bits per heavy atom. The highest BCUT2D eigenvalue weighted by Crippen LogP contribution is 2.40. The molecule has 1 amide bonds. The molecule has 1 fully saturated rings. The standard InChI is InChI=1S/C35H35N3O7S/c1-5-44-34(41)30-21(2)36-35-38(32(30)31-24-11-7-6-10-23(24)13-15-26(31)42-3)33(40)28(46-35)19-22-12-14-25(27(18-22)43-4)45-20-29(39)37-16-8-9-17-37/h6-7,10-15,18-19,32H,5,8-9,16-17,20H2,1-4H3/b28-19+/t32-/m1/s1. The Bertz CT molecular complexity index is 2040. The average molecular weight is 642 g/mol. The van der Waals surface area contributed by atoms with Crippen LogP contribution in [0.3, 0.4) is 0 Å². The first-order valence-corrected chi connectivity index (χ1v) is 16.0. The van der Waals surface area contributed by atoms with Crippen molar-refractivity contribution in [3.8, 4) is 17.2 Å². The molecular weight excluding hydrogens is 606 g/mol. The van der Waals surface area contributed by atoms with Gasteiger partial charge in [0.1, 0.15) is 11.8 Å². The predicted octanol–water partition coefficient (Wildman–Crippen LogP) is 3.97. The van der Waals surface area contributed by atoms with Gasteiger partial charge >= 0.3 is 5.97 Å². The number of methoxy groups -OCH3 is 2. The molecule has 0 saturated carbocycles. The van der Waals surface area contributed by atoms with E-state index in [1.165, 1.54) is 18.4 Å². The number of allylic oxidation sites excluding steroid dienone is 1. The Morgan fingerprint density at radius 3 is 2.48 bits per heavy atom. The third kappa shape index (κ3) is 5.78. The van der Waals surface area contributed by atoms with Crippen molar-refractivity contribution < 1.29 is 28.5 Å². The van der Waals surface area contributed by atoms with Crippen LogP contribution < -0.4 is 29.1 Å². The van der Waals surface area contributed by atoms with Crippen LogP contribution in [0, 0.1) is 0 Å². The molecule has 0 unspecified atom stereocenters. The molecule has 4 aromatic rings. The van der Waals surface area contributed by atoms with Crippen LogP contribution in [0.1, 0.15) is 43.9 Å². The first-order valence-electron chi connectivity index (χ1n) is 15.2. The fourth-order valence-electron chi connectivity index (χ4n) is 6.04. The van der Waals surface area contributed by atoms with Gasteiger partial charge in [0.15, 0.2) is 22.9 Å². The first kappa shape index (κ1) is 31.1. The predicted molar refractivity (Wildman–Crippen MR) is 175 cm³/mol. The maximum Gasteiger partial charge on any atom is 0.338 e. The molecule has 0 spiro atoms. The van der Waals surface area contributed by atoms with Crippen molar-refractivity contribution >= 4 is 40.1 Å². The number of nitrogens with zero attached hydrogens (tertiary/aromatic N) is 3. The maximum atomic E-state index is 14.3. The molecule has 3 aromatic carbocycles. The van der Waals surface area contributed by atoms with E-state index >= 15 is 0 Å². The number of amides is 1. The molecule has 46 heavy (non-hydrogen) atoms. The molecule has 10 nitrogen and oxygen atoms in total. The summed E-state index contributed by atoms with van der Waals surface area (Å²) >= 11 is 1.23. The second-order valence-electron chi connectivity index (χ2n) is 11.0. The molecule has 2 aliphatic rings. The molecule has 0 bridgehead atoms. The minimum Gasteiger partial charge on any atom is -0.496 e. The molecule has 3 heterocycles. The first-order chi connectivity index (χ1) is 22.3. The average Bonchev–Trinajstić information content (AvgIpc) is 3.71. The summed E-state index contributed by atoms with van der Waals surface area (Å²) in [7, 11) is 3.10. The number of carbonyl (C=O) groups excluding carboxylic acids is 2. The molecule has 1 atom stereocenters. The summed E-state index contributed by atoms with van der Waals surface area (Å²) in [6.07, 6.45) is 3.77. The third-order valence-electron chi connectivity index (χ3n) is 8.24. The normalized spacial score (nSPS) is 16.3. The molecular formula is C35H35N3O7S. The lowest BCUT2D eigenvalue weighted by atomic mass is 9.90. The van der Waals surface area contributed by atoms with Crippen molar-refractivity contribution in [3.63, 3.8) is 0 Å². The maximum absolute atomic E-state index is 14.3. The molecule has 0 radical (unpaired) electrons. The third-order valence-corrected chi connectivity index (χ3v) is 9.22. The lowest BCUT2D eigenvalue weighted by Crippen LogP contribution is -2.40. The van der Waals surface area contributed by atoms with Crippen molar-refractivity contribution in [3.05, 3.63) is 96.7 Å². The van der Waals surface area contributed by atoms with Gasteiger partial charge in [-0.05, 0) is 67.3 Å². The summed E-state index contributed by atoms with van der Waals surface area (Å²) in [4.78, 5) is 47.2. The number of ether oxygens (including phenoxy) is 4. The van der Waals surface area contributed by atoms with E-state index in [0.29, 0.717) is 43.4 Å². The summed E-state index contributed by atoms with van der Waals surface area (Å²) < 4.78 is 24.6. The van der Waals surface area contributed by atoms with Crippen LogP contribution >= 0.6 is 11.3 Å². The molecule has 1 aromatic heterocycles. The molecule has 2 aliphatic heterocycles. The van der Waals surface area contributed by atoms with Gasteiger partial charge in [-0.1, -0.05) is 47.7 Å². The van der Waals surface area contributed by atoms with E-state index in [4.69, 9.17) is 23.9 Å². The highest BCUT2D eigenvalue weighted by molar-refractivity contribution is 7.07. The zero-order chi connectivity index (χ0) is 32.4.